The lowest BCUT2D eigenvalue weighted by molar-refractivity contribution is -0.130. The maximum atomic E-state index is 11.8. The number of amides is 1. The average Bonchev–Trinajstić information content (AvgIpc) is 2.74. The van der Waals surface area contributed by atoms with Crippen LogP contribution in [0.15, 0.2) is 24.3 Å². The standard InChI is InChI=1S/C13H17NO3/c15-11-7-8-14(9-11)13(17)6-5-10-3-1-2-4-12(10)16/h1-4,11,15-16H,5-9H2. The van der Waals surface area contributed by atoms with E-state index in [1.165, 1.54) is 0 Å². The number of likely N-dealkylation sites (tertiary alicyclic amines) is 1. The molecule has 2 N–H and O–H groups in total. The summed E-state index contributed by atoms with van der Waals surface area (Å²) in [5.41, 5.74) is 0.792. The molecule has 2 rings (SSSR count). The smallest absolute Gasteiger partial charge is 0.222 e. The van der Waals surface area contributed by atoms with Crippen molar-refractivity contribution in [1.82, 2.24) is 4.90 Å². The quantitative estimate of drug-likeness (QED) is 0.819. The molecule has 0 saturated carbocycles. The van der Waals surface area contributed by atoms with Crippen LogP contribution in [0.3, 0.4) is 0 Å². The van der Waals surface area contributed by atoms with E-state index < -0.39 is 0 Å². The van der Waals surface area contributed by atoms with Gasteiger partial charge in [0.2, 0.25) is 5.91 Å². The van der Waals surface area contributed by atoms with Crippen LogP contribution < -0.4 is 0 Å². The second-order valence-corrected chi connectivity index (χ2v) is 4.41. The number of hydrogen-bond donors (Lipinski definition) is 2. The van der Waals surface area contributed by atoms with Crippen LogP contribution in [0.2, 0.25) is 0 Å². The second-order valence-electron chi connectivity index (χ2n) is 4.41. The van der Waals surface area contributed by atoms with Gasteiger partial charge in [0.15, 0.2) is 0 Å². The van der Waals surface area contributed by atoms with Gasteiger partial charge < -0.3 is 15.1 Å². The summed E-state index contributed by atoms with van der Waals surface area (Å²) >= 11 is 0. The van der Waals surface area contributed by atoms with Crippen LogP contribution in [-0.2, 0) is 11.2 Å². The number of aliphatic hydroxyl groups excluding tert-OH is 1. The van der Waals surface area contributed by atoms with Crippen LogP contribution in [0.5, 0.6) is 5.75 Å². The predicted octanol–water partition coefficient (Wildman–Crippen LogP) is 0.918. The molecule has 1 amide bonds. The Morgan fingerprint density at radius 2 is 2.18 bits per heavy atom. The first-order valence-electron chi connectivity index (χ1n) is 5.89. The zero-order valence-corrected chi connectivity index (χ0v) is 9.67. The van der Waals surface area contributed by atoms with Crippen molar-refractivity contribution in [2.45, 2.75) is 25.4 Å². The van der Waals surface area contributed by atoms with Crippen LogP contribution in [-0.4, -0.2) is 40.2 Å². The minimum absolute atomic E-state index is 0.0461. The van der Waals surface area contributed by atoms with Crippen molar-refractivity contribution in [3.63, 3.8) is 0 Å². The lowest BCUT2D eigenvalue weighted by atomic mass is 10.1. The highest BCUT2D eigenvalue weighted by Gasteiger charge is 2.24. The Bertz CT molecular complexity index is 405. The Hall–Kier alpha value is -1.55. The van der Waals surface area contributed by atoms with Gasteiger partial charge >= 0.3 is 0 Å². The molecule has 1 aliphatic rings. The Labute approximate surface area is 100 Å². The number of aryl methyl sites for hydroxylation is 1. The van der Waals surface area contributed by atoms with Crippen LogP contribution in [0, 0.1) is 0 Å². The van der Waals surface area contributed by atoms with E-state index in [1.807, 2.05) is 12.1 Å². The van der Waals surface area contributed by atoms with Crippen molar-refractivity contribution in [1.29, 1.82) is 0 Å². The highest BCUT2D eigenvalue weighted by Crippen LogP contribution is 2.18. The summed E-state index contributed by atoms with van der Waals surface area (Å²) in [6.07, 6.45) is 1.22. The van der Waals surface area contributed by atoms with Gasteiger partial charge in [0.25, 0.3) is 0 Å². The number of phenols is 1. The molecule has 4 nitrogen and oxygen atoms in total. The monoisotopic (exact) mass is 235 g/mol. The summed E-state index contributed by atoms with van der Waals surface area (Å²) in [6, 6.07) is 7.05. The molecule has 1 saturated heterocycles. The van der Waals surface area contributed by atoms with E-state index >= 15 is 0 Å². The Balaban J connectivity index is 1.86. The number of aliphatic hydroxyl groups is 1. The molecule has 1 heterocycles. The summed E-state index contributed by atoms with van der Waals surface area (Å²) in [5, 5.41) is 18.9. The summed E-state index contributed by atoms with van der Waals surface area (Å²) in [5.74, 6) is 0.284. The van der Waals surface area contributed by atoms with Crippen LogP contribution in [0.25, 0.3) is 0 Å². The zero-order valence-electron chi connectivity index (χ0n) is 9.67. The molecule has 1 fully saturated rings. The fourth-order valence-electron chi connectivity index (χ4n) is 2.09. The van der Waals surface area contributed by atoms with Gasteiger partial charge in [0.1, 0.15) is 5.75 Å². The third kappa shape index (κ3) is 2.97. The molecule has 0 radical (unpaired) electrons. The lowest BCUT2D eigenvalue weighted by Crippen LogP contribution is -2.29. The number of β-amino-alcohol motifs (C(OH)–C–C–N with tert-alkyl or cyclic N) is 1. The van der Waals surface area contributed by atoms with Gasteiger partial charge in [-0.15, -0.1) is 0 Å². The maximum Gasteiger partial charge on any atom is 0.222 e. The number of aromatic hydroxyl groups is 1. The number of para-hydroxylation sites is 1. The van der Waals surface area contributed by atoms with E-state index in [0.29, 0.717) is 32.4 Å². The van der Waals surface area contributed by atoms with Gasteiger partial charge in [-0.3, -0.25) is 4.79 Å². The van der Waals surface area contributed by atoms with Crippen molar-refractivity contribution in [2.75, 3.05) is 13.1 Å². The summed E-state index contributed by atoms with van der Waals surface area (Å²) in [4.78, 5) is 13.5. The summed E-state index contributed by atoms with van der Waals surface area (Å²) in [7, 11) is 0. The van der Waals surface area contributed by atoms with Crippen LogP contribution in [0.4, 0.5) is 0 Å². The molecular formula is C13H17NO3. The molecule has 1 atom stereocenters. The van der Waals surface area contributed by atoms with E-state index in [0.717, 1.165) is 5.56 Å². The van der Waals surface area contributed by atoms with Crippen molar-refractivity contribution in [2.24, 2.45) is 0 Å². The summed E-state index contributed by atoms with van der Waals surface area (Å²) in [6.45, 7) is 1.08. The Morgan fingerprint density at radius 1 is 1.41 bits per heavy atom. The molecule has 0 bridgehead atoms. The molecular weight excluding hydrogens is 218 g/mol. The average molecular weight is 235 g/mol. The van der Waals surface area contributed by atoms with E-state index in [2.05, 4.69) is 0 Å². The minimum Gasteiger partial charge on any atom is -0.508 e. The molecule has 4 heteroatoms. The molecule has 1 aromatic carbocycles. The fraction of sp³-hybridized carbons (Fsp3) is 0.462. The van der Waals surface area contributed by atoms with Crippen LogP contribution >= 0.6 is 0 Å². The van der Waals surface area contributed by atoms with Gasteiger partial charge in [-0.25, -0.2) is 0 Å². The zero-order chi connectivity index (χ0) is 12.3. The number of carbonyl (C=O) groups is 1. The van der Waals surface area contributed by atoms with E-state index in [1.54, 1.807) is 17.0 Å². The highest BCUT2D eigenvalue weighted by molar-refractivity contribution is 5.76. The number of nitrogens with zero attached hydrogens (tertiary/aromatic N) is 1. The first kappa shape index (κ1) is 11.9. The van der Waals surface area contributed by atoms with Crippen LogP contribution in [0.1, 0.15) is 18.4 Å². The first-order valence-corrected chi connectivity index (χ1v) is 5.89. The molecule has 92 valence electrons. The van der Waals surface area contributed by atoms with Crippen molar-refractivity contribution < 1.29 is 15.0 Å². The van der Waals surface area contributed by atoms with Gasteiger partial charge in [-0.2, -0.15) is 0 Å². The van der Waals surface area contributed by atoms with E-state index in [-0.39, 0.29) is 17.8 Å². The van der Waals surface area contributed by atoms with E-state index in [4.69, 9.17) is 0 Å². The van der Waals surface area contributed by atoms with Crippen molar-refractivity contribution in [3.05, 3.63) is 29.8 Å². The number of hydrogen-bond acceptors (Lipinski definition) is 3. The fourth-order valence-corrected chi connectivity index (χ4v) is 2.09. The largest absolute Gasteiger partial charge is 0.508 e. The number of carbonyl (C=O) groups excluding carboxylic acids is 1. The lowest BCUT2D eigenvalue weighted by Gasteiger charge is -2.15. The Morgan fingerprint density at radius 3 is 2.82 bits per heavy atom. The summed E-state index contributed by atoms with van der Waals surface area (Å²) < 4.78 is 0. The number of rotatable bonds is 3. The minimum atomic E-state index is -0.371. The van der Waals surface area contributed by atoms with Gasteiger partial charge in [0, 0.05) is 19.5 Å². The molecule has 1 aliphatic heterocycles. The van der Waals surface area contributed by atoms with Gasteiger partial charge in [-0.05, 0) is 24.5 Å². The normalized spacial score (nSPS) is 19.6. The SMILES string of the molecule is O=C(CCc1ccccc1O)N1CCC(O)C1. The van der Waals surface area contributed by atoms with Gasteiger partial charge in [-0.1, -0.05) is 18.2 Å². The highest BCUT2D eigenvalue weighted by atomic mass is 16.3. The first-order chi connectivity index (χ1) is 8.16. The third-order valence-electron chi connectivity index (χ3n) is 3.12. The maximum absolute atomic E-state index is 11.8. The molecule has 0 aliphatic carbocycles. The van der Waals surface area contributed by atoms with Crippen molar-refractivity contribution in [3.8, 4) is 5.75 Å². The Kier molecular flexibility index (Phi) is 3.64. The molecule has 0 spiro atoms. The molecule has 1 aromatic rings. The predicted molar refractivity (Wildman–Crippen MR) is 63.6 cm³/mol. The molecule has 0 aromatic heterocycles. The van der Waals surface area contributed by atoms with Gasteiger partial charge in [0.05, 0.1) is 6.10 Å². The van der Waals surface area contributed by atoms with E-state index in [9.17, 15) is 15.0 Å². The van der Waals surface area contributed by atoms with Crippen molar-refractivity contribution >= 4 is 5.91 Å². The number of phenolic OH excluding ortho intramolecular Hbond substituents is 1. The second kappa shape index (κ2) is 5.19. The number of benzene rings is 1. The topological polar surface area (TPSA) is 60.8 Å². The molecule has 1 unspecified atom stereocenters. The third-order valence-corrected chi connectivity index (χ3v) is 3.12. The molecule has 17 heavy (non-hydrogen) atoms.